The quantitative estimate of drug-likeness (QED) is 0.860. The van der Waals surface area contributed by atoms with Crippen LogP contribution in [0.5, 0.6) is 0 Å². The summed E-state index contributed by atoms with van der Waals surface area (Å²) in [4.78, 5) is 0.245. The summed E-state index contributed by atoms with van der Waals surface area (Å²) in [5.74, 6) is 0. The van der Waals surface area contributed by atoms with Crippen molar-refractivity contribution in [3.63, 3.8) is 0 Å². The zero-order valence-electron chi connectivity index (χ0n) is 12.3. The number of halogens is 1. The molecule has 3 rings (SSSR count). The van der Waals surface area contributed by atoms with Gasteiger partial charge in [0.2, 0.25) is 10.0 Å². The fraction of sp³-hybridized carbons (Fsp3) is 0.400. The molecule has 1 aliphatic rings. The maximum atomic E-state index is 12.9. The van der Waals surface area contributed by atoms with Crippen LogP contribution in [0, 0.1) is 0 Å². The molecule has 1 fully saturated rings. The van der Waals surface area contributed by atoms with Crippen molar-refractivity contribution in [1.82, 2.24) is 14.1 Å². The number of aryl methyl sites for hydroxylation is 1. The van der Waals surface area contributed by atoms with Crippen molar-refractivity contribution in [2.75, 3.05) is 6.54 Å². The molecule has 1 atom stereocenters. The first-order chi connectivity index (χ1) is 10.5. The SMILES string of the molecule is CCn1nccc1[C@H]1CCCN1S(=O)(=O)c1cccc(Cl)c1. The average Bonchev–Trinajstić information content (AvgIpc) is 3.15. The van der Waals surface area contributed by atoms with Crippen LogP contribution in [0.15, 0.2) is 41.4 Å². The standard InChI is InChI=1S/C15H18ClN3O2S/c1-2-18-14(8-9-17-18)15-7-4-10-19(15)22(20,21)13-6-3-5-12(16)11-13/h3,5-6,8-9,11,15H,2,4,7,10H2,1H3/t15-/m1/s1. The van der Waals surface area contributed by atoms with Crippen molar-refractivity contribution in [2.24, 2.45) is 0 Å². The minimum Gasteiger partial charge on any atom is -0.268 e. The third kappa shape index (κ3) is 2.66. The molecular weight excluding hydrogens is 322 g/mol. The highest BCUT2D eigenvalue weighted by Gasteiger charge is 2.37. The molecule has 1 saturated heterocycles. The molecule has 1 aromatic carbocycles. The van der Waals surface area contributed by atoms with Crippen LogP contribution in [0.1, 0.15) is 31.5 Å². The summed E-state index contributed by atoms with van der Waals surface area (Å²) >= 11 is 5.94. The van der Waals surface area contributed by atoms with E-state index in [9.17, 15) is 8.42 Å². The van der Waals surface area contributed by atoms with E-state index in [-0.39, 0.29) is 10.9 Å². The predicted molar refractivity (Wildman–Crippen MR) is 85.2 cm³/mol. The first-order valence-electron chi connectivity index (χ1n) is 7.33. The van der Waals surface area contributed by atoms with E-state index in [0.29, 0.717) is 11.6 Å². The maximum Gasteiger partial charge on any atom is 0.243 e. The number of hydrogen-bond acceptors (Lipinski definition) is 3. The first kappa shape index (κ1) is 15.5. The molecule has 22 heavy (non-hydrogen) atoms. The highest BCUT2D eigenvalue weighted by atomic mass is 35.5. The topological polar surface area (TPSA) is 55.2 Å². The largest absolute Gasteiger partial charge is 0.268 e. The van der Waals surface area contributed by atoms with Gasteiger partial charge < -0.3 is 0 Å². The van der Waals surface area contributed by atoms with E-state index in [1.165, 1.54) is 6.07 Å². The molecule has 0 N–H and O–H groups in total. The lowest BCUT2D eigenvalue weighted by molar-refractivity contribution is 0.376. The molecule has 1 aromatic heterocycles. The Balaban J connectivity index is 1.99. The van der Waals surface area contributed by atoms with Crippen molar-refractivity contribution in [2.45, 2.75) is 37.2 Å². The van der Waals surface area contributed by atoms with Gasteiger partial charge in [-0.25, -0.2) is 8.42 Å². The molecule has 1 aliphatic heterocycles. The van der Waals surface area contributed by atoms with Gasteiger partial charge in [-0.2, -0.15) is 9.40 Å². The molecule has 0 radical (unpaired) electrons. The zero-order chi connectivity index (χ0) is 15.7. The van der Waals surface area contributed by atoms with Gasteiger partial charge in [0, 0.05) is 24.3 Å². The lowest BCUT2D eigenvalue weighted by atomic mass is 10.1. The lowest BCUT2D eigenvalue weighted by Gasteiger charge is -2.24. The van der Waals surface area contributed by atoms with Gasteiger partial charge in [-0.1, -0.05) is 17.7 Å². The molecule has 7 heteroatoms. The van der Waals surface area contributed by atoms with E-state index in [0.717, 1.165) is 25.1 Å². The van der Waals surface area contributed by atoms with Crippen molar-refractivity contribution >= 4 is 21.6 Å². The normalized spacial score (nSPS) is 19.6. The maximum absolute atomic E-state index is 12.9. The number of benzene rings is 1. The van der Waals surface area contributed by atoms with E-state index < -0.39 is 10.0 Å². The molecule has 2 heterocycles. The lowest BCUT2D eigenvalue weighted by Crippen LogP contribution is -2.31. The summed E-state index contributed by atoms with van der Waals surface area (Å²) in [6.07, 6.45) is 3.38. The Labute approximate surface area is 135 Å². The van der Waals surface area contributed by atoms with Crippen LogP contribution in [0.2, 0.25) is 5.02 Å². The molecule has 5 nitrogen and oxygen atoms in total. The van der Waals surface area contributed by atoms with Gasteiger partial charge in [0.1, 0.15) is 0 Å². The zero-order valence-corrected chi connectivity index (χ0v) is 13.9. The van der Waals surface area contributed by atoms with E-state index in [2.05, 4.69) is 5.10 Å². The summed E-state index contributed by atoms with van der Waals surface area (Å²) in [5.41, 5.74) is 0.950. The second-order valence-electron chi connectivity index (χ2n) is 5.30. The number of sulfonamides is 1. The third-order valence-corrected chi connectivity index (χ3v) is 6.14. The van der Waals surface area contributed by atoms with E-state index in [1.807, 2.05) is 17.7 Å². The van der Waals surface area contributed by atoms with Crippen molar-refractivity contribution < 1.29 is 8.42 Å². The Hall–Kier alpha value is -1.37. The Kier molecular flexibility index (Phi) is 4.25. The fourth-order valence-electron chi connectivity index (χ4n) is 2.98. The van der Waals surface area contributed by atoms with Crippen LogP contribution in [-0.2, 0) is 16.6 Å². The number of nitrogens with zero attached hydrogens (tertiary/aromatic N) is 3. The van der Waals surface area contributed by atoms with Crippen molar-refractivity contribution in [3.8, 4) is 0 Å². The molecule has 2 aromatic rings. The number of hydrogen-bond donors (Lipinski definition) is 0. The summed E-state index contributed by atoms with van der Waals surface area (Å²) in [6, 6.07) is 8.17. The highest BCUT2D eigenvalue weighted by Crippen LogP contribution is 2.36. The van der Waals surface area contributed by atoms with Crippen LogP contribution >= 0.6 is 11.6 Å². The average molecular weight is 340 g/mol. The number of rotatable bonds is 4. The van der Waals surface area contributed by atoms with Crippen LogP contribution in [0.3, 0.4) is 0 Å². The summed E-state index contributed by atoms with van der Waals surface area (Å²) in [6.45, 7) is 3.25. The van der Waals surface area contributed by atoms with Crippen LogP contribution in [-0.4, -0.2) is 29.0 Å². The minimum atomic E-state index is -3.55. The van der Waals surface area contributed by atoms with Crippen LogP contribution in [0.25, 0.3) is 0 Å². The molecule has 118 valence electrons. The van der Waals surface area contributed by atoms with E-state index in [4.69, 9.17) is 11.6 Å². The second kappa shape index (κ2) is 6.02. The predicted octanol–water partition coefficient (Wildman–Crippen LogP) is 3.08. The summed E-state index contributed by atoms with van der Waals surface area (Å²) < 4.78 is 29.3. The van der Waals surface area contributed by atoms with Gasteiger partial charge in [0.15, 0.2) is 0 Å². The molecule has 0 unspecified atom stereocenters. The van der Waals surface area contributed by atoms with Gasteiger partial charge in [0.25, 0.3) is 0 Å². The van der Waals surface area contributed by atoms with Gasteiger partial charge in [0.05, 0.1) is 16.6 Å². The fourth-order valence-corrected chi connectivity index (χ4v) is 4.95. The van der Waals surface area contributed by atoms with Gasteiger partial charge in [-0.3, -0.25) is 4.68 Å². The summed E-state index contributed by atoms with van der Waals surface area (Å²) in [7, 11) is -3.55. The second-order valence-corrected chi connectivity index (χ2v) is 7.63. The van der Waals surface area contributed by atoms with Crippen molar-refractivity contribution in [3.05, 3.63) is 47.2 Å². The Morgan fingerprint density at radius 2 is 2.18 bits per heavy atom. The molecule has 0 spiro atoms. The van der Waals surface area contributed by atoms with Gasteiger partial charge >= 0.3 is 0 Å². The minimum absolute atomic E-state index is 0.161. The molecule has 0 aliphatic carbocycles. The van der Waals surface area contributed by atoms with Crippen LogP contribution in [0.4, 0.5) is 0 Å². The molecule has 0 bridgehead atoms. The summed E-state index contributed by atoms with van der Waals surface area (Å²) in [5, 5.41) is 4.68. The van der Waals surface area contributed by atoms with Crippen molar-refractivity contribution in [1.29, 1.82) is 0 Å². The molecule has 0 amide bonds. The third-order valence-electron chi connectivity index (χ3n) is 4.00. The molecular formula is C15H18ClN3O2S. The van der Waals surface area contributed by atoms with Gasteiger partial charge in [-0.15, -0.1) is 0 Å². The Morgan fingerprint density at radius 1 is 1.36 bits per heavy atom. The Bertz CT molecular complexity index is 773. The van der Waals surface area contributed by atoms with E-state index in [1.54, 1.807) is 28.7 Å². The number of aromatic nitrogens is 2. The monoisotopic (exact) mass is 339 g/mol. The Morgan fingerprint density at radius 3 is 2.91 bits per heavy atom. The van der Waals surface area contributed by atoms with Gasteiger partial charge in [-0.05, 0) is 44.0 Å². The smallest absolute Gasteiger partial charge is 0.243 e. The van der Waals surface area contributed by atoms with Crippen LogP contribution < -0.4 is 0 Å². The first-order valence-corrected chi connectivity index (χ1v) is 9.15. The molecule has 0 saturated carbocycles. The highest BCUT2D eigenvalue weighted by molar-refractivity contribution is 7.89. The van der Waals surface area contributed by atoms with E-state index >= 15 is 0 Å².